The van der Waals surface area contributed by atoms with E-state index in [1.165, 1.54) is 18.2 Å². The van der Waals surface area contributed by atoms with Crippen LogP contribution in [0.5, 0.6) is 0 Å². The fourth-order valence-corrected chi connectivity index (χ4v) is 2.69. The first kappa shape index (κ1) is 17.7. The maximum Gasteiger partial charge on any atom is 0.422 e. The predicted molar refractivity (Wildman–Crippen MR) is 90.7 cm³/mol. The van der Waals surface area contributed by atoms with Gasteiger partial charge in [-0.25, -0.2) is 9.52 Å². The molecule has 0 saturated heterocycles. The molecule has 2 aromatic carbocycles. The number of anilines is 1. The average Bonchev–Trinajstić information content (AvgIpc) is 2.55. The lowest BCUT2D eigenvalue weighted by atomic mass is 10.2. The number of nitrogens with zero attached hydrogens (tertiary/aromatic N) is 1. The molecule has 0 aliphatic heterocycles. The molecule has 0 aliphatic rings. The smallest absolute Gasteiger partial charge is 0.422 e. The number of hydrogen-bond acceptors (Lipinski definition) is 6. The molecule has 2 aromatic rings. The number of thiol groups is 1. The van der Waals surface area contributed by atoms with Gasteiger partial charge in [0.2, 0.25) is 0 Å². The fraction of sp³-hybridized carbons (Fsp3) is 0.0667. The van der Waals surface area contributed by atoms with Gasteiger partial charge >= 0.3 is 16.3 Å². The van der Waals surface area contributed by atoms with Gasteiger partial charge in [-0.3, -0.25) is 4.72 Å². The van der Waals surface area contributed by atoms with Gasteiger partial charge in [-0.1, -0.05) is 30.3 Å². The topological polar surface area (TPSA) is 108 Å². The van der Waals surface area contributed by atoms with E-state index in [9.17, 15) is 13.2 Å². The maximum atomic E-state index is 11.9. The fourth-order valence-electron chi connectivity index (χ4n) is 1.73. The Hall–Kier alpha value is -2.70. The van der Waals surface area contributed by atoms with Gasteiger partial charge in [0.1, 0.15) is 12.7 Å². The summed E-state index contributed by atoms with van der Waals surface area (Å²) in [6.07, 6.45) is -1.11. The van der Waals surface area contributed by atoms with Crippen molar-refractivity contribution in [3.05, 3.63) is 59.7 Å². The molecule has 0 radical (unpaired) electrons. The van der Waals surface area contributed by atoms with Gasteiger partial charge in [0.05, 0.1) is 11.3 Å². The molecule has 0 saturated carbocycles. The first-order chi connectivity index (χ1) is 11.4. The summed E-state index contributed by atoms with van der Waals surface area (Å²) in [6, 6.07) is 14.9. The van der Waals surface area contributed by atoms with Crippen molar-refractivity contribution in [2.75, 3.05) is 4.72 Å². The number of carbonyl (C=O) groups is 1. The summed E-state index contributed by atoms with van der Waals surface area (Å²) in [5.74, 6) is 0. The quantitative estimate of drug-likeness (QED) is 0.707. The first-order valence-electron chi connectivity index (χ1n) is 6.64. The molecule has 0 unspecified atom stereocenters. The van der Waals surface area contributed by atoms with E-state index in [-0.39, 0.29) is 17.9 Å². The van der Waals surface area contributed by atoms with E-state index in [2.05, 4.69) is 17.4 Å². The summed E-state index contributed by atoms with van der Waals surface area (Å²) < 4.78 is 32.4. The highest BCUT2D eigenvalue weighted by Crippen LogP contribution is 2.18. The van der Waals surface area contributed by atoms with Crippen LogP contribution in [0, 0.1) is 11.3 Å². The summed E-state index contributed by atoms with van der Waals surface area (Å²) in [7, 11) is -4.18. The van der Waals surface area contributed by atoms with Crippen molar-refractivity contribution in [2.45, 2.75) is 11.5 Å². The van der Waals surface area contributed by atoms with E-state index in [1.807, 2.05) is 12.1 Å². The zero-order valence-corrected chi connectivity index (χ0v) is 14.0. The molecule has 0 heterocycles. The molecule has 0 aliphatic carbocycles. The van der Waals surface area contributed by atoms with Gasteiger partial charge in [-0.15, -0.1) is 12.6 Å². The minimum atomic E-state index is -4.18. The average molecular weight is 363 g/mol. The molecule has 0 aromatic heterocycles. The lowest BCUT2D eigenvalue weighted by Crippen LogP contribution is -2.35. The molecule has 2 N–H and O–H groups in total. The highest BCUT2D eigenvalue weighted by molar-refractivity contribution is 7.91. The lowest BCUT2D eigenvalue weighted by Gasteiger charge is -2.10. The van der Waals surface area contributed by atoms with Gasteiger partial charge in [-0.05, 0) is 23.8 Å². The Morgan fingerprint density at radius 3 is 2.58 bits per heavy atom. The summed E-state index contributed by atoms with van der Waals surface area (Å²) in [5.41, 5.74) is 1.04. The number of carbonyl (C=O) groups excluding carboxylic acids is 1. The first-order valence-corrected chi connectivity index (χ1v) is 8.57. The third-order valence-corrected chi connectivity index (χ3v) is 4.13. The third-order valence-electron chi connectivity index (χ3n) is 2.80. The van der Waals surface area contributed by atoms with Gasteiger partial charge in [0, 0.05) is 4.90 Å². The van der Waals surface area contributed by atoms with Crippen molar-refractivity contribution in [2.24, 2.45) is 0 Å². The lowest BCUT2D eigenvalue weighted by molar-refractivity contribution is 0.146. The third kappa shape index (κ3) is 5.19. The molecule has 0 fully saturated rings. The Morgan fingerprint density at radius 2 is 1.92 bits per heavy atom. The number of nitriles is 1. The Labute approximate surface area is 144 Å². The van der Waals surface area contributed by atoms with Crippen LogP contribution in [0.2, 0.25) is 0 Å². The second-order valence-electron chi connectivity index (χ2n) is 4.61. The second kappa shape index (κ2) is 7.72. The van der Waals surface area contributed by atoms with Crippen molar-refractivity contribution in [3.63, 3.8) is 0 Å². The number of rotatable bonds is 5. The van der Waals surface area contributed by atoms with Crippen molar-refractivity contribution in [1.82, 2.24) is 4.72 Å². The maximum absolute atomic E-state index is 11.9. The molecule has 2 rings (SSSR count). The molecule has 0 atom stereocenters. The van der Waals surface area contributed by atoms with Gasteiger partial charge in [0.15, 0.2) is 0 Å². The van der Waals surface area contributed by atoms with Crippen molar-refractivity contribution < 1.29 is 17.9 Å². The molecule has 24 heavy (non-hydrogen) atoms. The SMILES string of the molecule is N#Cc1cc(NS(=O)(=O)NC(=O)OCc2ccccc2)ccc1S. The summed E-state index contributed by atoms with van der Waals surface area (Å²) >= 11 is 4.07. The Kier molecular flexibility index (Phi) is 5.68. The van der Waals surface area contributed by atoms with Crippen molar-refractivity contribution in [3.8, 4) is 6.07 Å². The summed E-state index contributed by atoms with van der Waals surface area (Å²) in [6.45, 7) is -0.0604. The standard InChI is InChI=1S/C15H13N3O4S2/c16-9-12-8-13(6-7-14(12)23)17-24(20,21)18-15(19)22-10-11-4-2-1-3-5-11/h1-8,17,23H,10H2,(H,18,19). The van der Waals surface area contributed by atoms with Crippen molar-refractivity contribution >= 4 is 34.6 Å². The van der Waals surface area contributed by atoms with Crippen LogP contribution in [0.4, 0.5) is 10.5 Å². The number of hydrogen-bond donors (Lipinski definition) is 3. The number of amides is 1. The summed E-state index contributed by atoms with van der Waals surface area (Å²) in [4.78, 5) is 12.0. The minimum Gasteiger partial charge on any atom is -0.444 e. The van der Waals surface area contributed by atoms with Gasteiger partial charge in [0.25, 0.3) is 0 Å². The number of benzene rings is 2. The molecular formula is C15H13N3O4S2. The normalized spacial score (nSPS) is 10.5. The monoisotopic (exact) mass is 363 g/mol. The Balaban J connectivity index is 1.95. The molecule has 9 heteroatoms. The zero-order valence-electron chi connectivity index (χ0n) is 12.3. The summed E-state index contributed by atoms with van der Waals surface area (Å²) in [5, 5.41) is 8.90. The van der Waals surface area contributed by atoms with Crippen LogP contribution < -0.4 is 9.44 Å². The highest BCUT2D eigenvalue weighted by Gasteiger charge is 2.16. The van der Waals surface area contributed by atoms with E-state index < -0.39 is 16.3 Å². The molecule has 1 amide bonds. The van der Waals surface area contributed by atoms with E-state index in [1.54, 1.807) is 29.0 Å². The van der Waals surface area contributed by atoms with Crippen LogP contribution in [0.25, 0.3) is 0 Å². The molecule has 7 nitrogen and oxygen atoms in total. The molecular weight excluding hydrogens is 350 g/mol. The van der Waals surface area contributed by atoms with Gasteiger partial charge < -0.3 is 4.74 Å². The van der Waals surface area contributed by atoms with Crippen LogP contribution in [-0.4, -0.2) is 14.5 Å². The van der Waals surface area contributed by atoms with Crippen LogP contribution in [-0.2, 0) is 21.6 Å². The van der Waals surface area contributed by atoms with E-state index in [0.29, 0.717) is 4.90 Å². The zero-order chi connectivity index (χ0) is 17.6. The Bertz CT molecular complexity index is 877. The number of nitrogens with one attached hydrogen (secondary N) is 2. The van der Waals surface area contributed by atoms with Gasteiger partial charge in [-0.2, -0.15) is 13.7 Å². The van der Waals surface area contributed by atoms with Crippen LogP contribution in [0.3, 0.4) is 0 Å². The molecule has 0 bridgehead atoms. The van der Waals surface area contributed by atoms with E-state index >= 15 is 0 Å². The van der Waals surface area contributed by atoms with Crippen LogP contribution in [0.15, 0.2) is 53.4 Å². The van der Waals surface area contributed by atoms with Crippen molar-refractivity contribution in [1.29, 1.82) is 5.26 Å². The Morgan fingerprint density at radius 1 is 1.21 bits per heavy atom. The molecule has 124 valence electrons. The molecule has 0 spiro atoms. The largest absolute Gasteiger partial charge is 0.444 e. The van der Waals surface area contributed by atoms with E-state index in [4.69, 9.17) is 10.00 Å². The van der Waals surface area contributed by atoms with Crippen LogP contribution >= 0.6 is 12.6 Å². The highest BCUT2D eigenvalue weighted by atomic mass is 32.2. The van der Waals surface area contributed by atoms with Crippen LogP contribution in [0.1, 0.15) is 11.1 Å². The minimum absolute atomic E-state index is 0.0604. The second-order valence-corrected chi connectivity index (χ2v) is 6.51. The van der Waals surface area contributed by atoms with E-state index in [0.717, 1.165) is 5.56 Å². The number of ether oxygens (including phenoxy) is 1. The predicted octanol–water partition coefficient (Wildman–Crippen LogP) is 2.43.